The lowest BCUT2D eigenvalue weighted by atomic mass is 9.96. The molecule has 0 spiro atoms. The molecule has 1 amide bonds. The minimum absolute atomic E-state index is 0.0305. The van der Waals surface area contributed by atoms with E-state index in [9.17, 15) is 9.59 Å². The van der Waals surface area contributed by atoms with Gasteiger partial charge in [0.25, 0.3) is 0 Å². The van der Waals surface area contributed by atoms with Crippen LogP contribution in [0.4, 0.5) is 0 Å². The average Bonchev–Trinajstić information content (AvgIpc) is 2.59. The number of ketones is 1. The van der Waals surface area contributed by atoms with Gasteiger partial charge in [-0.2, -0.15) is 0 Å². The van der Waals surface area contributed by atoms with Crippen LogP contribution < -0.4 is 0 Å². The number of carbonyl (C=O) groups excluding carboxylic acids is 2. The first-order valence-electron chi connectivity index (χ1n) is 6.21. The normalized spacial score (nSPS) is 24.4. The maximum absolute atomic E-state index is 11.5. The van der Waals surface area contributed by atoms with Gasteiger partial charge in [-0.05, 0) is 38.4 Å². The molecule has 0 aromatic rings. The topological polar surface area (TPSA) is 40.6 Å². The van der Waals surface area contributed by atoms with Crippen LogP contribution in [0, 0.1) is 5.92 Å². The van der Waals surface area contributed by atoms with Gasteiger partial charge in [0.1, 0.15) is 0 Å². The molecule has 0 aliphatic carbocycles. The van der Waals surface area contributed by atoms with Crippen LogP contribution >= 0.6 is 0 Å². The number of piperidine rings is 1. The third-order valence-electron chi connectivity index (χ3n) is 3.70. The maximum Gasteiger partial charge on any atom is 0.230 e. The second kappa shape index (κ2) is 4.95. The van der Waals surface area contributed by atoms with Gasteiger partial charge < -0.3 is 9.80 Å². The van der Waals surface area contributed by atoms with E-state index >= 15 is 0 Å². The minimum atomic E-state index is 0.0305. The summed E-state index contributed by atoms with van der Waals surface area (Å²) in [5.74, 6) is 0.705. The Labute approximate surface area is 96.6 Å². The highest BCUT2D eigenvalue weighted by molar-refractivity contribution is 6.05. The van der Waals surface area contributed by atoms with Crippen molar-refractivity contribution >= 4 is 11.7 Å². The molecule has 90 valence electrons. The number of carbonyl (C=O) groups is 2. The van der Waals surface area contributed by atoms with E-state index in [2.05, 4.69) is 11.8 Å². The van der Waals surface area contributed by atoms with Crippen molar-refractivity contribution in [3.8, 4) is 0 Å². The molecule has 2 saturated heterocycles. The summed E-state index contributed by atoms with van der Waals surface area (Å²) in [6.07, 6.45) is 2.45. The van der Waals surface area contributed by atoms with E-state index < -0.39 is 0 Å². The number of nitrogens with zero attached hydrogens (tertiary/aromatic N) is 2. The molecule has 0 aromatic heterocycles. The summed E-state index contributed by atoms with van der Waals surface area (Å²) in [6, 6.07) is 0. The number of Topliss-reactive ketones (excluding diaryl/α,β-unsaturated/α-hetero) is 1. The van der Waals surface area contributed by atoms with Gasteiger partial charge in [-0.25, -0.2) is 0 Å². The van der Waals surface area contributed by atoms with Gasteiger partial charge in [0.05, 0.1) is 13.0 Å². The largest absolute Gasteiger partial charge is 0.335 e. The zero-order valence-electron chi connectivity index (χ0n) is 9.95. The first kappa shape index (κ1) is 11.6. The second-order valence-corrected chi connectivity index (χ2v) is 4.87. The number of rotatable bonds is 3. The molecule has 0 radical (unpaired) electrons. The van der Waals surface area contributed by atoms with Crippen molar-refractivity contribution in [3.63, 3.8) is 0 Å². The number of hydrogen-bond acceptors (Lipinski definition) is 3. The van der Waals surface area contributed by atoms with Crippen molar-refractivity contribution in [1.29, 1.82) is 0 Å². The Bertz CT molecular complexity index is 283. The van der Waals surface area contributed by atoms with Crippen LogP contribution in [-0.4, -0.2) is 54.2 Å². The predicted octanol–water partition coefficient (Wildman–Crippen LogP) is 0.520. The zero-order chi connectivity index (χ0) is 11.5. The molecule has 0 unspecified atom stereocenters. The Morgan fingerprint density at radius 1 is 1.25 bits per heavy atom. The quantitative estimate of drug-likeness (QED) is 0.656. The highest BCUT2D eigenvalue weighted by Crippen LogP contribution is 2.20. The summed E-state index contributed by atoms with van der Waals surface area (Å²) in [5.41, 5.74) is 0. The monoisotopic (exact) mass is 224 g/mol. The number of likely N-dealkylation sites (tertiary alicyclic amines) is 2. The number of hydrogen-bond donors (Lipinski definition) is 0. The van der Waals surface area contributed by atoms with Gasteiger partial charge in [0.15, 0.2) is 5.78 Å². The molecule has 2 aliphatic rings. The molecule has 2 aliphatic heterocycles. The Morgan fingerprint density at radius 2 is 1.94 bits per heavy atom. The summed E-state index contributed by atoms with van der Waals surface area (Å²) in [7, 11) is 0. The summed E-state index contributed by atoms with van der Waals surface area (Å²) < 4.78 is 0. The van der Waals surface area contributed by atoms with Gasteiger partial charge in [0, 0.05) is 6.54 Å². The van der Waals surface area contributed by atoms with Gasteiger partial charge in [-0.3, -0.25) is 9.59 Å². The van der Waals surface area contributed by atoms with Crippen LogP contribution in [0.2, 0.25) is 0 Å². The Balaban J connectivity index is 1.78. The molecule has 2 rings (SSSR count). The molecule has 0 aromatic carbocycles. The van der Waals surface area contributed by atoms with Crippen LogP contribution in [0.15, 0.2) is 0 Å². The van der Waals surface area contributed by atoms with Crippen LogP contribution in [0.25, 0.3) is 0 Å². The smallest absolute Gasteiger partial charge is 0.230 e. The lowest BCUT2D eigenvalue weighted by Gasteiger charge is -2.32. The van der Waals surface area contributed by atoms with Gasteiger partial charge in [0.2, 0.25) is 5.91 Å². The Morgan fingerprint density at radius 3 is 2.44 bits per heavy atom. The van der Waals surface area contributed by atoms with E-state index in [0.29, 0.717) is 12.5 Å². The highest BCUT2D eigenvalue weighted by atomic mass is 16.2. The SMILES string of the molecule is CCN1CCC(CN2CC(=O)CC2=O)CC1. The maximum atomic E-state index is 11.5. The van der Waals surface area contributed by atoms with Crippen LogP contribution in [0.5, 0.6) is 0 Å². The van der Waals surface area contributed by atoms with E-state index in [1.54, 1.807) is 4.90 Å². The molecule has 2 heterocycles. The third-order valence-corrected chi connectivity index (χ3v) is 3.70. The first-order valence-corrected chi connectivity index (χ1v) is 6.21. The minimum Gasteiger partial charge on any atom is -0.335 e. The summed E-state index contributed by atoms with van der Waals surface area (Å²) in [6.45, 7) is 6.72. The summed E-state index contributed by atoms with van der Waals surface area (Å²) in [5, 5.41) is 0. The fourth-order valence-electron chi connectivity index (χ4n) is 2.60. The van der Waals surface area contributed by atoms with Crippen molar-refractivity contribution in [2.24, 2.45) is 5.92 Å². The molecule has 4 nitrogen and oxygen atoms in total. The van der Waals surface area contributed by atoms with Crippen LogP contribution in [0.1, 0.15) is 26.2 Å². The molecule has 0 N–H and O–H groups in total. The van der Waals surface area contributed by atoms with Gasteiger partial charge >= 0.3 is 0 Å². The van der Waals surface area contributed by atoms with Crippen molar-refractivity contribution in [3.05, 3.63) is 0 Å². The first-order chi connectivity index (χ1) is 7.69. The molecule has 2 fully saturated rings. The molecular weight excluding hydrogens is 204 g/mol. The molecule has 4 heteroatoms. The predicted molar refractivity (Wildman–Crippen MR) is 61.0 cm³/mol. The van der Waals surface area contributed by atoms with E-state index in [1.807, 2.05) is 0 Å². The van der Waals surface area contributed by atoms with E-state index in [4.69, 9.17) is 0 Å². The lowest BCUT2D eigenvalue weighted by molar-refractivity contribution is -0.128. The molecule has 0 atom stereocenters. The Kier molecular flexibility index (Phi) is 3.59. The molecule has 16 heavy (non-hydrogen) atoms. The summed E-state index contributed by atoms with van der Waals surface area (Å²) in [4.78, 5) is 26.8. The van der Waals surface area contributed by atoms with Crippen molar-refractivity contribution in [1.82, 2.24) is 9.80 Å². The van der Waals surface area contributed by atoms with Gasteiger partial charge in [-0.15, -0.1) is 0 Å². The van der Waals surface area contributed by atoms with Crippen LogP contribution in [-0.2, 0) is 9.59 Å². The summed E-state index contributed by atoms with van der Waals surface area (Å²) >= 11 is 0. The molecular formula is C12H20N2O2. The third kappa shape index (κ3) is 2.61. The zero-order valence-corrected chi connectivity index (χ0v) is 9.95. The standard InChI is InChI=1S/C12H20N2O2/c1-2-13-5-3-10(4-6-13)8-14-9-11(15)7-12(14)16/h10H,2-9H2,1H3. The van der Waals surface area contributed by atoms with Crippen molar-refractivity contribution in [2.75, 3.05) is 32.7 Å². The fourth-order valence-corrected chi connectivity index (χ4v) is 2.60. The second-order valence-electron chi connectivity index (χ2n) is 4.87. The average molecular weight is 224 g/mol. The Hall–Kier alpha value is -0.900. The van der Waals surface area contributed by atoms with Gasteiger partial charge in [-0.1, -0.05) is 6.92 Å². The highest BCUT2D eigenvalue weighted by Gasteiger charge is 2.30. The van der Waals surface area contributed by atoms with Crippen molar-refractivity contribution in [2.45, 2.75) is 26.2 Å². The molecule has 0 bridgehead atoms. The van der Waals surface area contributed by atoms with Crippen LogP contribution in [0.3, 0.4) is 0 Å². The van der Waals surface area contributed by atoms with E-state index in [0.717, 1.165) is 39.0 Å². The van der Waals surface area contributed by atoms with Crippen molar-refractivity contribution < 1.29 is 9.59 Å². The molecule has 0 saturated carbocycles. The number of amides is 1. The van der Waals surface area contributed by atoms with E-state index in [-0.39, 0.29) is 18.1 Å². The van der Waals surface area contributed by atoms with E-state index in [1.165, 1.54) is 0 Å². The lowest BCUT2D eigenvalue weighted by Crippen LogP contribution is -2.39. The fraction of sp³-hybridized carbons (Fsp3) is 0.833.